The molecule has 1 saturated heterocycles. The lowest BCUT2D eigenvalue weighted by Gasteiger charge is -2.32. The zero-order valence-electron chi connectivity index (χ0n) is 15.5. The molecule has 1 atom stereocenters. The lowest BCUT2D eigenvalue weighted by Crippen LogP contribution is -2.42. The third kappa shape index (κ3) is 3.49. The van der Waals surface area contributed by atoms with Crippen molar-refractivity contribution in [3.8, 4) is 5.69 Å². The van der Waals surface area contributed by atoms with E-state index in [2.05, 4.69) is 10.4 Å². The molecule has 5 nitrogen and oxygen atoms in total. The number of rotatable bonds is 4. The van der Waals surface area contributed by atoms with Gasteiger partial charge in [-0.05, 0) is 69.6 Å². The van der Waals surface area contributed by atoms with E-state index in [1.54, 1.807) is 16.8 Å². The number of piperidine rings is 1. The zero-order valence-corrected chi connectivity index (χ0v) is 16.4. The fourth-order valence-electron chi connectivity index (χ4n) is 3.77. The quantitative estimate of drug-likeness (QED) is 0.745. The second kappa shape index (κ2) is 7.40. The number of thiophene rings is 1. The number of halogens is 1. The van der Waals surface area contributed by atoms with E-state index in [1.165, 1.54) is 23.5 Å². The number of carbonyl (C=O) groups is 1. The maximum atomic E-state index is 13.2. The molecular formula is C20H23FN4OS. The Morgan fingerprint density at radius 3 is 2.89 bits per heavy atom. The van der Waals surface area contributed by atoms with Crippen LogP contribution < -0.4 is 5.32 Å². The number of amides is 1. The van der Waals surface area contributed by atoms with Gasteiger partial charge in [-0.2, -0.15) is 5.10 Å². The van der Waals surface area contributed by atoms with E-state index >= 15 is 0 Å². The number of hydrogen-bond donors (Lipinski definition) is 1. The van der Waals surface area contributed by atoms with E-state index in [9.17, 15) is 9.18 Å². The van der Waals surface area contributed by atoms with Crippen molar-refractivity contribution < 1.29 is 9.18 Å². The number of likely N-dealkylation sites (tertiary alicyclic amines) is 1. The van der Waals surface area contributed by atoms with Gasteiger partial charge in [-0.3, -0.25) is 4.79 Å². The summed E-state index contributed by atoms with van der Waals surface area (Å²) in [6.45, 7) is 4.50. The van der Waals surface area contributed by atoms with Crippen LogP contribution in [0.15, 0.2) is 30.3 Å². The summed E-state index contributed by atoms with van der Waals surface area (Å²) >= 11 is 1.46. The third-order valence-corrected chi connectivity index (χ3v) is 6.22. The van der Waals surface area contributed by atoms with E-state index in [0.717, 1.165) is 59.0 Å². The van der Waals surface area contributed by atoms with Gasteiger partial charge in [-0.25, -0.2) is 9.07 Å². The average Bonchev–Trinajstić information content (AvgIpc) is 3.23. The molecule has 1 fully saturated rings. The predicted molar refractivity (Wildman–Crippen MR) is 106 cm³/mol. The van der Waals surface area contributed by atoms with Gasteiger partial charge in [0, 0.05) is 18.5 Å². The van der Waals surface area contributed by atoms with Crippen LogP contribution >= 0.6 is 11.3 Å². The molecule has 1 amide bonds. The summed E-state index contributed by atoms with van der Waals surface area (Å²) in [5.74, 6) is 0.336. The minimum atomic E-state index is -0.276. The molecule has 0 spiro atoms. The Labute approximate surface area is 161 Å². The van der Waals surface area contributed by atoms with Gasteiger partial charge < -0.3 is 10.2 Å². The smallest absolute Gasteiger partial charge is 0.264 e. The number of nitrogens with one attached hydrogen (secondary N) is 1. The van der Waals surface area contributed by atoms with Crippen LogP contribution in [-0.2, 0) is 0 Å². The molecule has 27 heavy (non-hydrogen) atoms. The van der Waals surface area contributed by atoms with Crippen molar-refractivity contribution >= 4 is 27.5 Å². The largest absolute Gasteiger partial charge is 0.338 e. The lowest BCUT2D eigenvalue weighted by molar-refractivity contribution is 0.0679. The molecule has 1 aromatic carbocycles. The molecule has 1 unspecified atom stereocenters. The van der Waals surface area contributed by atoms with Gasteiger partial charge in [0.05, 0.1) is 16.3 Å². The van der Waals surface area contributed by atoms with Crippen LogP contribution in [-0.4, -0.2) is 47.3 Å². The SMILES string of the molecule is CNCC1CCCN(C(=O)c2cc3c(C)nn(-c4ccc(F)cc4)c3s2)C1. The summed E-state index contributed by atoms with van der Waals surface area (Å²) in [6, 6.07) is 8.21. The Morgan fingerprint density at radius 1 is 1.37 bits per heavy atom. The highest BCUT2D eigenvalue weighted by Crippen LogP contribution is 2.32. The fourth-order valence-corrected chi connectivity index (χ4v) is 4.92. The van der Waals surface area contributed by atoms with Crippen LogP contribution in [0, 0.1) is 18.7 Å². The van der Waals surface area contributed by atoms with Gasteiger partial charge in [-0.1, -0.05) is 0 Å². The number of fused-ring (bicyclic) bond motifs is 1. The van der Waals surface area contributed by atoms with Crippen LogP contribution in [0.2, 0.25) is 0 Å². The van der Waals surface area contributed by atoms with E-state index in [4.69, 9.17) is 0 Å². The molecule has 0 saturated carbocycles. The molecule has 142 valence electrons. The molecule has 0 radical (unpaired) electrons. The highest BCUT2D eigenvalue weighted by Gasteiger charge is 2.26. The monoisotopic (exact) mass is 386 g/mol. The molecular weight excluding hydrogens is 363 g/mol. The Hall–Kier alpha value is -2.25. The minimum Gasteiger partial charge on any atom is -0.338 e. The van der Waals surface area contributed by atoms with Crippen LogP contribution in [0.4, 0.5) is 4.39 Å². The molecule has 2 aromatic heterocycles. The van der Waals surface area contributed by atoms with E-state index < -0.39 is 0 Å². The van der Waals surface area contributed by atoms with Crippen molar-refractivity contribution in [1.29, 1.82) is 0 Å². The normalized spacial score (nSPS) is 17.6. The number of hydrogen-bond acceptors (Lipinski definition) is 4. The number of aryl methyl sites for hydroxylation is 1. The van der Waals surface area contributed by atoms with Crippen molar-refractivity contribution in [1.82, 2.24) is 20.0 Å². The average molecular weight is 386 g/mol. The fraction of sp³-hybridized carbons (Fsp3) is 0.400. The lowest BCUT2D eigenvalue weighted by atomic mass is 9.98. The molecule has 1 N–H and O–H groups in total. The first kappa shape index (κ1) is 18.1. The molecule has 1 aliphatic rings. The molecule has 0 bridgehead atoms. The Balaban J connectivity index is 1.64. The number of carbonyl (C=O) groups excluding carboxylic acids is 1. The Kier molecular flexibility index (Phi) is 4.97. The highest BCUT2D eigenvalue weighted by atomic mass is 32.1. The van der Waals surface area contributed by atoms with Crippen molar-refractivity contribution in [3.63, 3.8) is 0 Å². The van der Waals surface area contributed by atoms with Gasteiger partial charge in [0.25, 0.3) is 5.91 Å². The van der Waals surface area contributed by atoms with Crippen LogP contribution in [0.5, 0.6) is 0 Å². The van der Waals surface area contributed by atoms with Gasteiger partial charge in [0.2, 0.25) is 0 Å². The standard InChI is InChI=1S/C20H23FN4OS/c1-13-17-10-18(19(26)24-9-3-4-14(12-24)11-22-2)27-20(17)25(23-13)16-7-5-15(21)6-8-16/h5-8,10,14,22H,3-4,9,11-12H2,1-2H3. The maximum absolute atomic E-state index is 13.2. The summed E-state index contributed by atoms with van der Waals surface area (Å²) < 4.78 is 15.0. The third-order valence-electron chi connectivity index (χ3n) is 5.13. The summed E-state index contributed by atoms with van der Waals surface area (Å²) in [7, 11) is 1.96. The molecule has 3 aromatic rings. The number of benzene rings is 1. The van der Waals surface area contributed by atoms with Crippen LogP contribution in [0.25, 0.3) is 15.9 Å². The zero-order chi connectivity index (χ0) is 19.0. The molecule has 1 aliphatic heterocycles. The second-order valence-corrected chi connectivity index (χ2v) is 8.15. The molecule has 4 rings (SSSR count). The minimum absolute atomic E-state index is 0.0991. The van der Waals surface area contributed by atoms with Crippen molar-refractivity contribution in [2.75, 3.05) is 26.7 Å². The van der Waals surface area contributed by atoms with Gasteiger partial charge in [0.15, 0.2) is 0 Å². The predicted octanol–water partition coefficient (Wildman–Crippen LogP) is 3.61. The van der Waals surface area contributed by atoms with E-state index in [-0.39, 0.29) is 11.7 Å². The first-order valence-electron chi connectivity index (χ1n) is 9.26. The Bertz CT molecular complexity index is 960. The van der Waals surface area contributed by atoms with Gasteiger partial charge in [-0.15, -0.1) is 11.3 Å². The highest BCUT2D eigenvalue weighted by molar-refractivity contribution is 7.20. The topological polar surface area (TPSA) is 50.2 Å². The van der Waals surface area contributed by atoms with Crippen LogP contribution in [0.3, 0.4) is 0 Å². The number of nitrogens with zero attached hydrogens (tertiary/aromatic N) is 3. The van der Waals surface area contributed by atoms with Gasteiger partial charge >= 0.3 is 0 Å². The summed E-state index contributed by atoms with van der Waals surface area (Å²) in [5.41, 5.74) is 1.67. The summed E-state index contributed by atoms with van der Waals surface area (Å²) in [4.78, 5) is 16.7. The van der Waals surface area contributed by atoms with Gasteiger partial charge in [0.1, 0.15) is 10.6 Å². The van der Waals surface area contributed by atoms with Crippen molar-refractivity contribution in [2.24, 2.45) is 5.92 Å². The first-order chi connectivity index (χ1) is 13.1. The number of aromatic nitrogens is 2. The van der Waals surface area contributed by atoms with Crippen LogP contribution in [0.1, 0.15) is 28.2 Å². The first-order valence-corrected chi connectivity index (χ1v) is 10.1. The molecule has 3 heterocycles. The summed E-state index contributed by atoms with van der Waals surface area (Å²) in [5, 5.41) is 8.77. The Morgan fingerprint density at radius 2 is 2.15 bits per heavy atom. The van der Waals surface area contributed by atoms with Crippen molar-refractivity contribution in [2.45, 2.75) is 19.8 Å². The second-order valence-electron chi connectivity index (χ2n) is 7.12. The molecule has 0 aliphatic carbocycles. The van der Waals surface area contributed by atoms with Crippen molar-refractivity contribution in [3.05, 3.63) is 46.7 Å². The van der Waals surface area contributed by atoms with E-state index in [0.29, 0.717) is 5.92 Å². The summed E-state index contributed by atoms with van der Waals surface area (Å²) in [6.07, 6.45) is 2.21. The molecule has 7 heteroatoms. The maximum Gasteiger partial charge on any atom is 0.264 e. The van der Waals surface area contributed by atoms with E-state index in [1.807, 2.05) is 24.9 Å².